The number of carbonyl (C=O) groups is 1. The van der Waals surface area contributed by atoms with Gasteiger partial charge >= 0.3 is 5.97 Å². The summed E-state index contributed by atoms with van der Waals surface area (Å²) < 4.78 is 12.7. The summed E-state index contributed by atoms with van der Waals surface area (Å²) in [5.41, 5.74) is 3.95. The highest BCUT2D eigenvalue weighted by molar-refractivity contribution is 7.80. The molecule has 4 aromatic rings. The van der Waals surface area contributed by atoms with E-state index in [4.69, 9.17) is 21.7 Å². The number of ether oxygens (including phenoxy) is 2. The van der Waals surface area contributed by atoms with E-state index in [0.29, 0.717) is 17.3 Å². The third kappa shape index (κ3) is 4.31. The van der Waals surface area contributed by atoms with Gasteiger partial charge < -0.3 is 24.3 Å². The van der Waals surface area contributed by atoms with Gasteiger partial charge in [0.2, 0.25) is 0 Å². The van der Waals surface area contributed by atoms with E-state index in [1.807, 2.05) is 90.5 Å². The third-order valence-corrected chi connectivity index (χ3v) is 6.49. The Labute approximate surface area is 215 Å². The first-order valence-corrected chi connectivity index (χ1v) is 12.1. The van der Waals surface area contributed by atoms with Crippen LogP contribution in [-0.2, 0) is 4.74 Å². The molecular weight excluding hydrogens is 472 g/mol. The monoisotopic (exact) mass is 498 g/mol. The van der Waals surface area contributed by atoms with Crippen LogP contribution in [0.4, 0.5) is 5.69 Å². The summed E-state index contributed by atoms with van der Waals surface area (Å²) in [6.45, 7) is 2.56. The Bertz CT molecular complexity index is 1370. The van der Waals surface area contributed by atoms with E-state index >= 15 is 0 Å². The topological polar surface area (TPSA) is 68.6 Å². The second-order valence-electron chi connectivity index (χ2n) is 8.24. The zero-order valence-corrected chi connectivity index (χ0v) is 20.8. The molecule has 0 bridgehead atoms. The van der Waals surface area contributed by atoms with Crippen LogP contribution in [0.3, 0.4) is 0 Å². The first-order valence-electron chi connectivity index (χ1n) is 11.7. The van der Waals surface area contributed by atoms with Crippen LogP contribution in [0.5, 0.6) is 5.75 Å². The van der Waals surface area contributed by atoms with Gasteiger partial charge in [-0.05, 0) is 79.8 Å². The van der Waals surface area contributed by atoms with Crippen LogP contribution >= 0.6 is 12.2 Å². The van der Waals surface area contributed by atoms with Crippen molar-refractivity contribution < 1.29 is 14.3 Å². The molecule has 1 N–H and O–H groups in total. The van der Waals surface area contributed by atoms with E-state index in [1.54, 1.807) is 12.3 Å². The molecule has 3 heterocycles. The molecule has 5 rings (SSSR count). The lowest BCUT2D eigenvalue weighted by Crippen LogP contribution is -2.30. The lowest BCUT2D eigenvalue weighted by Gasteiger charge is -2.29. The number of nitrogens with zero attached hydrogens (tertiary/aromatic N) is 3. The molecule has 0 radical (unpaired) electrons. The molecule has 1 aliphatic rings. The van der Waals surface area contributed by atoms with Crippen molar-refractivity contribution in [1.29, 1.82) is 0 Å². The van der Waals surface area contributed by atoms with Crippen LogP contribution in [0.1, 0.15) is 40.8 Å². The van der Waals surface area contributed by atoms with Crippen molar-refractivity contribution >= 4 is 29.0 Å². The summed E-state index contributed by atoms with van der Waals surface area (Å²) in [5.74, 6) is 0.405. The summed E-state index contributed by atoms with van der Waals surface area (Å²) in [6.07, 6.45) is 3.73. The molecule has 182 valence electrons. The van der Waals surface area contributed by atoms with Crippen LogP contribution in [0.15, 0.2) is 91.3 Å². The minimum Gasteiger partial charge on any atom is -0.494 e. The van der Waals surface area contributed by atoms with E-state index in [-0.39, 0.29) is 12.1 Å². The van der Waals surface area contributed by atoms with Crippen LogP contribution in [0, 0.1) is 0 Å². The van der Waals surface area contributed by atoms with Crippen molar-refractivity contribution in [1.82, 2.24) is 14.9 Å². The Kier molecular flexibility index (Phi) is 6.69. The minimum absolute atomic E-state index is 0.218. The smallest absolute Gasteiger partial charge is 0.339 e. The molecular formula is C28H26N4O3S. The Balaban J connectivity index is 1.65. The average molecular weight is 499 g/mol. The highest BCUT2D eigenvalue weighted by atomic mass is 32.1. The second-order valence-corrected chi connectivity index (χ2v) is 8.62. The Morgan fingerprint density at radius 2 is 1.81 bits per heavy atom. The minimum atomic E-state index is -0.394. The largest absolute Gasteiger partial charge is 0.494 e. The lowest BCUT2D eigenvalue weighted by molar-refractivity contribution is 0.0600. The number of aromatic nitrogens is 2. The van der Waals surface area contributed by atoms with Gasteiger partial charge in [0.15, 0.2) is 5.11 Å². The first kappa shape index (κ1) is 23.6. The number of rotatable bonds is 7. The number of nitrogens with one attached hydrogen (secondary N) is 1. The molecule has 36 heavy (non-hydrogen) atoms. The van der Waals surface area contributed by atoms with Gasteiger partial charge in [-0.25, -0.2) is 4.79 Å². The number of hydrogen-bond acceptors (Lipinski definition) is 5. The molecule has 2 unspecified atom stereocenters. The SMILES string of the molecule is CCOc1ccc(N2C(=S)NC(c3ccccn3)C2c2cccn2-c2ccccc2C(=O)OC)cc1. The Morgan fingerprint density at radius 3 is 2.53 bits per heavy atom. The van der Waals surface area contributed by atoms with Gasteiger partial charge in [0.25, 0.3) is 0 Å². The van der Waals surface area contributed by atoms with Crippen molar-refractivity contribution in [3.8, 4) is 11.4 Å². The van der Waals surface area contributed by atoms with Gasteiger partial charge in [-0.2, -0.15) is 0 Å². The summed E-state index contributed by atoms with van der Waals surface area (Å²) in [4.78, 5) is 19.3. The number of methoxy groups -OCH3 is 1. The fourth-order valence-electron chi connectivity index (χ4n) is 4.62. The number of pyridine rings is 1. The van der Waals surface area contributed by atoms with Crippen molar-refractivity contribution in [3.63, 3.8) is 0 Å². The fraction of sp³-hybridized carbons (Fsp3) is 0.179. The number of esters is 1. The molecule has 0 spiro atoms. The maximum atomic E-state index is 12.6. The van der Waals surface area contributed by atoms with Gasteiger partial charge in [0.1, 0.15) is 11.8 Å². The summed E-state index contributed by atoms with van der Waals surface area (Å²) in [7, 11) is 1.39. The fourth-order valence-corrected chi connectivity index (χ4v) is 4.97. The molecule has 0 saturated carbocycles. The number of carbonyl (C=O) groups excluding carboxylic acids is 1. The molecule has 1 aliphatic heterocycles. The lowest BCUT2D eigenvalue weighted by atomic mass is 10.0. The van der Waals surface area contributed by atoms with Crippen molar-refractivity contribution in [3.05, 3.63) is 108 Å². The molecule has 1 saturated heterocycles. The predicted octanol–water partition coefficient (Wildman–Crippen LogP) is 5.23. The highest BCUT2D eigenvalue weighted by Crippen LogP contribution is 2.42. The first-order chi connectivity index (χ1) is 17.6. The Morgan fingerprint density at radius 1 is 1.03 bits per heavy atom. The molecule has 2 aromatic carbocycles. The van der Waals surface area contributed by atoms with Gasteiger partial charge in [-0.3, -0.25) is 4.98 Å². The molecule has 7 nitrogen and oxygen atoms in total. The van der Waals surface area contributed by atoms with Gasteiger partial charge in [0.05, 0.1) is 36.7 Å². The van der Waals surface area contributed by atoms with Gasteiger partial charge in [-0.15, -0.1) is 0 Å². The normalized spacial score (nSPS) is 17.1. The number of para-hydroxylation sites is 1. The summed E-state index contributed by atoms with van der Waals surface area (Å²) in [6, 6.07) is 24.7. The zero-order valence-electron chi connectivity index (χ0n) is 20.0. The van der Waals surface area contributed by atoms with E-state index in [2.05, 4.69) is 15.2 Å². The van der Waals surface area contributed by atoms with E-state index in [0.717, 1.165) is 28.5 Å². The third-order valence-electron chi connectivity index (χ3n) is 6.18. The Hall–Kier alpha value is -4.17. The maximum absolute atomic E-state index is 12.6. The number of anilines is 1. The average Bonchev–Trinajstić information content (AvgIpc) is 3.53. The number of thiocarbonyl (C=S) groups is 1. The van der Waals surface area contributed by atoms with Gasteiger partial charge in [0, 0.05) is 23.8 Å². The second kappa shape index (κ2) is 10.2. The molecule has 1 fully saturated rings. The van der Waals surface area contributed by atoms with Gasteiger partial charge in [-0.1, -0.05) is 18.2 Å². The molecule has 8 heteroatoms. The molecule has 2 atom stereocenters. The van der Waals surface area contributed by atoms with Crippen LogP contribution < -0.4 is 15.0 Å². The van der Waals surface area contributed by atoms with Crippen molar-refractivity contribution in [2.45, 2.75) is 19.0 Å². The van der Waals surface area contributed by atoms with Crippen LogP contribution in [-0.4, -0.2) is 34.3 Å². The number of benzene rings is 2. The van der Waals surface area contributed by atoms with Crippen LogP contribution in [0.2, 0.25) is 0 Å². The number of hydrogen-bond donors (Lipinski definition) is 1. The highest BCUT2D eigenvalue weighted by Gasteiger charge is 2.42. The van der Waals surface area contributed by atoms with Crippen molar-refractivity contribution in [2.24, 2.45) is 0 Å². The van der Waals surface area contributed by atoms with E-state index in [1.165, 1.54) is 7.11 Å². The maximum Gasteiger partial charge on any atom is 0.339 e. The zero-order chi connectivity index (χ0) is 25.1. The van der Waals surface area contributed by atoms with E-state index in [9.17, 15) is 4.79 Å². The molecule has 2 aromatic heterocycles. The standard InChI is InChI=1S/C28H26N4O3S/c1-3-35-20-15-13-19(14-16-20)32-26(25(30-28(32)36)22-10-6-7-17-29-22)24-12-8-18-31(24)23-11-5-4-9-21(23)27(33)34-2/h4-18,25-26H,3H2,1-2H3,(H,30,36). The predicted molar refractivity (Wildman–Crippen MR) is 143 cm³/mol. The quantitative estimate of drug-likeness (QED) is 0.276. The molecule has 0 amide bonds. The molecule has 0 aliphatic carbocycles. The summed E-state index contributed by atoms with van der Waals surface area (Å²) >= 11 is 5.85. The van der Waals surface area contributed by atoms with E-state index < -0.39 is 5.97 Å². The van der Waals surface area contributed by atoms with Crippen LogP contribution in [0.25, 0.3) is 5.69 Å². The van der Waals surface area contributed by atoms with Crippen molar-refractivity contribution in [2.75, 3.05) is 18.6 Å². The summed E-state index contributed by atoms with van der Waals surface area (Å²) in [5, 5.41) is 4.07.